The molecule has 50 heavy (non-hydrogen) atoms. The highest BCUT2D eigenvalue weighted by Crippen LogP contribution is 2.47. The highest BCUT2D eigenvalue weighted by molar-refractivity contribution is 6.23. The maximum Gasteiger partial charge on any atom is 0.136 e. The van der Waals surface area contributed by atoms with E-state index in [2.05, 4.69) is 182 Å². The first kappa shape index (κ1) is 28.6. The quantitative estimate of drug-likeness (QED) is 0.171. The lowest BCUT2D eigenvalue weighted by atomic mass is 9.83. The van der Waals surface area contributed by atoms with E-state index in [1.54, 1.807) is 0 Å². The van der Waals surface area contributed by atoms with Crippen LogP contribution < -0.4 is 0 Å². The maximum absolute atomic E-state index is 6.67. The molecule has 0 fully saturated rings. The molecule has 0 spiro atoms. The normalized spacial score (nSPS) is 11.7. The van der Waals surface area contributed by atoms with Gasteiger partial charge in [-0.3, -0.25) is 0 Å². The van der Waals surface area contributed by atoms with Gasteiger partial charge in [-0.2, -0.15) is 0 Å². The molecule has 0 aliphatic heterocycles. The summed E-state index contributed by atoms with van der Waals surface area (Å²) in [5.74, 6) is 0. The second kappa shape index (κ2) is 11.6. The minimum absolute atomic E-state index is 0.826. The predicted molar refractivity (Wildman–Crippen MR) is 212 cm³/mol. The average Bonchev–Trinajstić information content (AvgIpc) is 3.57. The van der Waals surface area contributed by atoms with Gasteiger partial charge in [0.1, 0.15) is 11.2 Å². The highest BCUT2D eigenvalue weighted by Gasteiger charge is 2.22. The van der Waals surface area contributed by atoms with Crippen LogP contribution in [-0.4, -0.2) is 0 Å². The minimum Gasteiger partial charge on any atom is -0.456 e. The van der Waals surface area contributed by atoms with Crippen LogP contribution in [0.3, 0.4) is 0 Å². The molecule has 10 aromatic rings. The molecule has 1 heteroatoms. The Hall–Kier alpha value is -6.44. The van der Waals surface area contributed by atoms with E-state index in [0.717, 1.165) is 33.9 Å². The molecule has 1 nitrogen and oxygen atoms in total. The Labute approximate surface area is 290 Å². The molecule has 0 amide bonds. The van der Waals surface area contributed by atoms with E-state index in [1.807, 2.05) is 0 Å². The van der Waals surface area contributed by atoms with Crippen molar-refractivity contribution in [3.8, 4) is 33.4 Å². The van der Waals surface area contributed by atoms with E-state index in [-0.39, 0.29) is 0 Å². The number of fused-ring (bicyclic) bond motifs is 6. The van der Waals surface area contributed by atoms with Gasteiger partial charge in [0.15, 0.2) is 0 Å². The zero-order valence-electron chi connectivity index (χ0n) is 27.4. The molecular formula is C49H32O. The van der Waals surface area contributed by atoms with E-state index in [4.69, 9.17) is 4.42 Å². The Morgan fingerprint density at radius 3 is 1.72 bits per heavy atom. The lowest BCUT2D eigenvalue weighted by Crippen LogP contribution is -1.97. The topological polar surface area (TPSA) is 13.1 Å². The molecule has 0 N–H and O–H groups in total. The maximum atomic E-state index is 6.67. The monoisotopic (exact) mass is 636 g/mol. The Morgan fingerprint density at radius 2 is 0.940 bits per heavy atom. The number of para-hydroxylation sites is 1. The molecule has 10 rings (SSSR count). The van der Waals surface area contributed by atoms with Crippen LogP contribution in [-0.2, 0) is 6.42 Å². The molecule has 1 aromatic heterocycles. The van der Waals surface area contributed by atoms with Crippen LogP contribution in [0.1, 0.15) is 11.1 Å². The molecule has 0 bridgehead atoms. The highest BCUT2D eigenvalue weighted by atomic mass is 16.3. The first-order valence-electron chi connectivity index (χ1n) is 17.3. The van der Waals surface area contributed by atoms with Crippen LogP contribution in [0.15, 0.2) is 186 Å². The zero-order chi connectivity index (χ0) is 33.0. The molecule has 234 valence electrons. The third-order valence-electron chi connectivity index (χ3n) is 10.4. The van der Waals surface area contributed by atoms with Crippen LogP contribution in [0.25, 0.3) is 87.6 Å². The molecule has 0 saturated carbocycles. The standard InChI is InChI=1S/C49H32O/c1-2-15-32(16-3-1)36-20-6-5-18-34(36)29-44-39-22-8-10-24-41(39)48(42-25-11-9-23-40(42)44)45-30-35(38-27-14-19-33-17-4-7-21-37(33)38)31-47-49(45)43-26-12-13-28-46(43)50-47/h1-28,30-31H,29H2. The van der Waals surface area contributed by atoms with Gasteiger partial charge in [-0.15, -0.1) is 0 Å². The van der Waals surface area contributed by atoms with Gasteiger partial charge in [-0.05, 0) is 101 Å². The summed E-state index contributed by atoms with van der Waals surface area (Å²) in [5.41, 5.74) is 11.8. The summed E-state index contributed by atoms with van der Waals surface area (Å²) < 4.78 is 6.67. The fourth-order valence-electron chi connectivity index (χ4n) is 8.15. The SMILES string of the molecule is c1ccc(-c2ccccc2Cc2c3ccccc3c(-c3cc(-c4cccc5ccccc45)cc4oc5ccccc5c34)c3ccccc23)cc1. The smallest absolute Gasteiger partial charge is 0.136 e. The van der Waals surface area contributed by atoms with Crippen molar-refractivity contribution in [2.24, 2.45) is 0 Å². The molecule has 0 atom stereocenters. The Balaban J connectivity index is 1.29. The van der Waals surface area contributed by atoms with Crippen LogP contribution in [0.4, 0.5) is 0 Å². The van der Waals surface area contributed by atoms with Gasteiger partial charge >= 0.3 is 0 Å². The number of furan rings is 1. The number of hydrogen-bond acceptors (Lipinski definition) is 1. The van der Waals surface area contributed by atoms with Crippen LogP contribution in [0.2, 0.25) is 0 Å². The van der Waals surface area contributed by atoms with Gasteiger partial charge in [-0.1, -0.05) is 164 Å². The van der Waals surface area contributed by atoms with Gasteiger partial charge < -0.3 is 4.42 Å². The van der Waals surface area contributed by atoms with E-state index in [0.29, 0.717) is 0 Å². The van der Waals surface area contributed by atoms with Gasteiger partial charge in [0.25, 0.3) is 0 Å². The van der Waals surface area contributed by atoms with E-state index < -0.39 is 0 Å². The predicted octanol–water partition coefficient (Wildman–Crippen LogP) is 13.6. The van der Waals surface area contributed by atoms with E-state index in [1.165, 1.54) is 71.3 Å². The summed E-state index contributed by atoms with van der Waals surface area (Å²) >= 11 is 0. The number of rotatable bonds is 5. The van der Waals surface area contributed by atoms with Crippen molar-refractivity contribution in [1.29, 1.82) is 0 Å². The molecule has 0 unspecified atom stereocenters. The molecular weight excluding hydrogens is 605 g/mol. The number of hydrogen-bond donors (Lipinski definition) is 0. The first-order valence-corrected chi connectivity index (χ1v) is 17.3. The van der Waals surface area contributed by atoms with Gasteiger partial charge in [0.05, 0.1) is 0 Å². The van der Waals surface area contributed by atoms with E-state index in [9.17, 15) is 0 Å². The Morgan fingerprint density at radius 1 is 0.360 bits per heavy atom. The summed E-state index contributed by atoms with van der Waals surface area (Å²) in [4.78, 5) is 0. The summed E-state index contributed by atoms with van der Waals surface area (Å²) in [6.45, 7) is 0. The van der Waals surface area contributed by atoms with Crippen molar-refractivity contribution >= 4 is 54.3 Å². The van der Waals surface area contributed by atoms with Crippen molar-refractivity contribution in [2.75, 3.05) is 0 Å². The van der Waals surface area contributed by atoms with Crippen molar-refractivity contribution < 1.29 is 4.42 Å². The van der Waals surface area contributed by atoms with Crippen molar-refractivity contribution in [2.45, 2.75) is 6.42 Å². The van der Waals surface area contributed by atoms with Crippen molar-refractivity contribution in [1.82, 2.24) is 0 Å². The molecule has 1 heterocycles. The third-order valence-corrected chi connectivity index (χ3v) is 10.4. The summed E-state index contributed by atoms with van der Waals surface area (Å²) in [6.07, 6.45) is 0.826. The molecule has 0 aliphatic carbocycles. The summed E-state index contributed by atoms with van der Waals surface area (Å²) in [5, 5.41) is 9.81. The summed E-state index contributed by atoms with van der Waals surface area (Å²) in [6, 6.07) is 65.9. The van der Waals surface area contributed by atoms with Gasteiger partial charge in [0.2, 0.25) is 0 Å². The number of benzene rings is 9. The Bertz CT molecular complexity index is 2830. The molecule has 0 aliphatic rings. The second-order valence-electron chi connectivity index (χ2n) is 13.2. The van der Waals surface area contributed by atoms with Gasteiger partial charge in [0, 0.05) is 10.8 Å². The lowest BCUT2D eigenvalue weighted by Gasteiger charge is -2.20. The fourth-order valence-corrected chi connectivity index (χ4v) is 8.15. The first-order chi connectivity index (χ1) is 24.8. The van der Waals surface area contributed by atoms with Gasteiger partial charge in [-0.25, -0.2) is 0 Å². The van der Waals surface area contributed by atoms with Crippen LogP contribution >= 0.6 is 0 Å². The van der Waals surface area contributed by atoms with E-state index >= 15 is 0 Å². The second-order valence-corrected chi connectivity index (χ2v) is 13.2. The molecule has 0 saturated heterocycles. The van der Waals surface area contributed by atoms with Crippen LogP contribution in [0.5, 0.6) is 0 Å². The largest absolute Gasteiger partial charge is 0.456 e. The Kier molecular flexibility index (Phi) is 6.63. The lowest BCUT2D eigenvalue weighted by molar-refractivity contribution is 0.669. The fraction of sp³-hybridized carbons (Fsp3) is 0.0204. The summed E-state index contributed by atoms with van der Waals surface area (Å²) in [7, 11) is 0. The minimum atomic E-state index is 0.826. The van der Waals surface area contributed by atoms with Crippen LogP contribution in [0, 0.1) is 0 Å². The third kappa shape index (κ3) is 4.55. The molecule has 9 aromatic carbocycles. The molecule has 0 radical (unpaired) electrons. The average molecular weight is 637 g/mol. The van der Waals surface area contributed by atoms with Crippen molar-refractivity contribution in [3.05, 3.63) is 193 Å². The van der Waals surface area contributed by atoms with Crippen molar-refractivity contribution in [3.63, 3.8) is 0 Å². The zero-order valence-corrected chi connectivity index (χ0v) is 27.4.